The van der Waals surface area contributed by atoms with Gasteiger partial charge in [0.05, 0.1) is 21.7 Å². The highest BCUT2D eigenvalue weighted by molar-refractivity contribution is 7.92. The number of nitrogens with zero attached hydrogens (tertiary/aromatic N) is 2. The van der Waals surface area contributed by atoms with Crippen LogP contribution in [0.25, 0.3) is 10.2 Å². The summed E-state index contributed by atoms with van der Waals surface area (Å²) in [7, 11) is -1.92. The van der Waals surface area contributed by atoms with Gasteiger partial charge in [-0.05, 0) is 37.3 Å². The van der Waals surface area contributed by atoms with Crippen LogP contribution < -0.4 is 9.54 Å². The number of amides is 1. The second-order valence-electron chi connectivity index (χ2n) is 5.58. The Hall–Kier alpha value is -2.45. The number of thiazole rings is 1. The maximum Gasteiger partial charge on any atom is 0.263 e. The van der Waals surface area contributed by atoms with E-state index in [0.29, 0.717) is 11.4 Å². The van der Waals surface area contributed by atoms with Gasteiger partial charge < -0.3 is 9.30 Å². The van der Waals surface area contributed by atoms with Crippen molar-refractivity contribution in [2.24, 2.45) is 12.0 Å². The number of fused-ring (bicyclic) bond motifs is 1. The first-order chi connectivity index (χ1) is 12.4. The molecule has 0 aliphatic rings. The Labute approximate surface area is 155 Å². The van der Waals surface area contributed by atoms with Gasteiger partial charge in [-0.1, -0.05) is 29.5 Å². The summed E-state index contributed by atoms with van der Waals surface area (Å²) in [5.41, 5.74) is 0.899. The van der Waals surface area contributed by atoms with Crippen LogP contribution in [0, 0.1) is 0 Å². The fourth-order valence-corrected chi connectivity index (χ4v) is 4.68. The quantitative estimate of drug-likeness (QED) is 0.671. The lowest BCUT2D eigenvalue weighted by Crippen LogP contribution is -2.19. The molecule has 0 radical (unpaired) electrons. The number of ether oxygens (including phenoxy) is 1. The Balaban J connectivity index is 1.92. The third-order valence-corrected chi connectivity index (χ3v) is 6.44. The summed E-state index contributed by atoms with van der Waals surface area (Å²) in [4.78, 5) is 16.8. The van der Waals surface area contributed by atoms with Gasteiger partial charge in [0.1, 0.15) is 11.5 Å². The van der Waals surface area contributed by atoms with Gasteiger partial charge in [-0.15, -0.1) is 0 Å². The topological polar surface area (TPSA) is 77.7 Å². The molecule has 6 nitrogen and oxygen atoms in total. The minimum atomic E-state index is -3.70. The molecule has 0 aliphatic carbocycles. The number of rotatable bonds is 5. The summed E-state index contributed by atoms with van der Waals surface area (Å²) in [5, 5.41) is 0. The molecule has 0 unspecified atom stereocenters. The van der Waals surface area contributed by atoms with Gasteiger partial charge in [0.15, 0.2) is 14.6 Å². The molecule has 0 bridgehead atoms. The van der Waals surface area contributed by atoms with Gasteiger partial charge in [-0.25, -0.2) is 8.42 Å². The average molecular weight is 390 g/mol. The normalized spacial score (nSPS) is 12.5. The molecule has 136 valence electrons. The highest BCUT2D eigenvalue weighted by atomic mass is 32.2. The fraction of sp³-hybridized carbons (Fsp3) is 0.222. The molecule has 26 heavy (non-hydrogen) atoms. The number of benzene rings is 2. The number of aromatic nitrogens is 1. The Kier molecular flexibility index (Phi) is 5.24. The molecule has 0 aliphatic heterocycles. The largest absolute Gasteiger partial charge is 0.494 e. The molecule has 8 heteroatoms. The monoisotopic (exact) mass is 390 g/mol. The number of carbonyl (C=O) groups excluding carboxylic acids is 1. The van der Waals surface area contributed by atoms with Gasteiger partial charge in [0.2, 0.25) is 0 Å². The molecule has 3 rings (SSSR count). The van der Waals surface area contributed by atoms with Crippen LogP contribution in [0.2, 0.25) is 0 Å². The molecule has 0 fully saturated rings. The minimum absolute atomic E-state index is 0.116. The molecule has 1 amide bonds. The third-order valence-electron chi connectivity index (χ3n) is 3.73. The minimum Gasteiger partial charge on any atom is -0.494 e. The lowest BCUT2D eigenvalue weighted by molar-refractivity contribution is -0.115. The van der Waals surface area contributed by atoms with Crippen molar-refractivity contribution < 1.29 is 17.9 Å². The Morgan fingerprint density at radius 1 is 1.19 bits per heavy atom. The van der Waals surface area contributed by atoms with E-state index in [4.69, 9.17) is 4.74 Å². The van der Waals surface area contributed by atoms with Crippen molar-refractivity contribution in [1.82, 2.24) is 4.57 Å². The van der Waals surface area contributed by atoms with E-state index in [-0.39, 0.29) is 4.90 Å². The lowest BCUT2D eigenvalue weighted by Gasteiger charge is -2.02. The van der Waals surface area contributed by atoms with Crippen LogP contribution in [0.1, 0.15) is 6.92 Å². The second-order valence-corrected chi connectivity index (χ2v) is 8.58. The summed E-state index contributed by atoms with van der Waals surface area (Å²) in [6, 6.07) is 13.5. The lowest BCUT2D eigenvalue weighted by atomic mass is 10.3. The first-order valence-corrected chi connectivity index (χ1v) is 10.5. The van der Waals surface area contributed by atoms with Crippen LogP contribution in [-0.2, 0) is 21.7 Å². The van der Waals surface area contributed by atoms with Crippen molar-refractivity contribution in [1.29, 1.82) is 0 Å². The smallest absolute Gasteiger partial charge is 0.263 e. The van der Waals surface area contributed by atoms with Crippen LogP contribution in [-0.4, -0.2) is 31.3 Å². The molecule has 0 saturated carbocycles. The molecule has 3 aromatic rings. The molecule has 1 heterocycles. The number of aryl methyl sites for hydroxylation is 1. The highest BCUT2D eigenvalue weighted by Gasteiger charge is 2.19. The van der Waals surface area contributed by atoms with Crippen LogP contribution in [0.4, 0.5) is 0 Å². The first kappa shape index (κ1) is 18.3. The maximum atomic E-state index is 12.3. The second kappa shape index (κ2) is 7.43. The molecule has 2 aromatic carbocycles. The number of carbonyl (C=O) groups is 1. The average Bonchev–Trinajstić information content (AvgIpc) is 2.91. The predicted octanol–water partition coefficient (Wildman–Crippen LogP) is 2.54. The summed E-state index contributed by atoms with van der Waals surface area (Å²) in [6.07, 6.45) is 0. The van der Waals surface area contributed by atoms with Crippen molar-refractivity contribution in [3.8, 4) is 5.75 Å². The summed E-state index contributed by atoms with van der Waals surface area (Å²) in [6.45, 7) is 2.47. The zero-order chi connectivity index (χ0) is 18.7. The zero-order valence-electron chi connectivity index (χ0n) is 14.4. The van der Waals surface area contributed by atoms with Gasteiger partial charge >= 0.3 is 0 Å². The van der Waals surface area contributed by atoms with E-state index in [1.54, 1.807) is 29.8 Å². The van der Waals surface area contributed by atoms with E-state index in [0.717, 1.165) is 16.0 Å². The standard InChI is InChI=1S/C18H18N2O4S2/c1-3-24-13-9-10-15-16(11-13)25-18(20(15)2)19-17(21)12-26(22,23)14-7-5-4-6-8-14/h4-11H,3,12H2,1-2H3. The van der Waals surface area contributed by atoms with Crippen molar-refractivity contribution in [2.45, 2.75) is 11.8 Å². The van der Waals surface area contributed by atoms with Crippen LogP contribution >= 0.6 is 11.3 Å². The van der Waals surface area contributed by atoms with E-state index in [2.05, 4.69) is 4.99 Å². The number of hydrogen-bond acceptors (Lipinski definition) is 5. The van der Waals surface area contributed by atoms with Gasteiger partial charge in [-0.2, -0.15) is 4.99 Å². The van der Waals surface area contributed by atoms with Crippen LogP contribution in [0.5, 0.6) is 5.75 Å². The van der Waals surface area contributed by atoms with E-state index in [1.807, 2.05) is 25.1 Å². The Morgan fingerprint density at radius 2 is 1.92 bits per heavy atom. The maximum absolute atomic E-state index is 12.3. The molecule has 0 spiro atoms. The molecule has 0 N–H and O–H groups in total. The number of hydrogen-bond donors (Lipinski definition) is 0. The number of sulfone groups is 1. The van der Waals surface area contributed by atoms with Crippen molar-refractivity contribution in [3.63, 3.8) is 0 Å². The summed E-state index contributed by atoms with van der Waals surface area (Å²) in [5.74, 6) is -0.609. The van der Waals surface area contributed by atoms with E-state index >= 15 is 0 Å². The van der Waals surface area contributed by atoms with E-state index in [9.17, 15) is 13.2 Å². The first-order valence-electron chi connectivity index (χ1n) is 7.98. The Bertz CT molecular complexity index is 1110. The predicted molar refractivity (Wildman–Crippen MR) is 101 cm³/mol. The fourth-order valence-electron chi connectivity index (χ4n) is 2.49. The third kappa shape index (κ3) is 3.86. The molecule has 0 atom stereocenters. The van der Waals surface area contributed by atoms with E-state index in [1.165, 1.54) is 23.5 Å². The van der Waals surface area contributed by atoms with Gasteiger partial charge in [0.25, 0.3) is 5.91 Å². The van der Waals surface area contributed by atoms with Crippen molar-refractivity contribution in [3.05, 3.63) is 53.3 Å². The van der Waals surface area contributed by atoms with Crippen LogP contribution in [0.15, 0.2) is 58.4 Å². The summed E-state index contributed by atoms with van der Waals surface area (Å²) < 4.78 is 32.8. The van der Waals surface area contributed by atoms with Gasteiger partial charge in [0, 0.05) is 7.05 Å². The molecular weight excluding hydrogens is 372 g/mol. The molecule has 1 aromatic heterocycles. The highest BCUT2D eigenvalue weighted by Crippen LogP contribution is 2.22. The molecular formula is C18H18N2O4S2. The Morgan fingerprint density at radius 3 is 2.62 bits per heavy atom. The van der Waals surface area contributed by atoms with Crippen molar-refractivity contribution in [2.75, 3.05) is 12.4 Å². The SMILES string of the molecule is CCOc1ccc2c(c1)sc(=NC(=O)CS(=O)(=O)c1ccccc1)n2C. The molecule has 0 saturated heterocycles. The van der Waals surface area contributed by atoms with Gasteiger partial charge in [-0.3, -0.25) is 4.79 Å². The summed E-state index contributed by atoms with van der Waals surface area (Å²) >= 11 is 1.31. The van der Waals surface area contributed by atoms with E-state index < -0.39 is 21.5 Å². The zero-order valence-corrected chi connectivity index (χ0v) is 16.0. The van der Waals surface area contributed by atoms with Crippen LogP contribution in [0.3, 0.4) is 0 Å². The van der Waals surface area contributed by atoms with Crippen molar-refractivity contribution >= 4 is 37.3 Å².